The molecular weight excluding hydrogens is 324 g/mol. The number of benzene rings is 2. The molecular formula is C19H19F2N3O. The Kier molecular flexibility index (Phi) is 5.21. The van der Waals surface area contributed by atoms with Crippen molar-refractivity contribution in [3.05, 3.63) is 88.7 Å². The first-order valence-electron chi connectivity index (χ1n) is 7.92. The predicted molar refractivity (Wildman–Crippen MR) is 90.6 cm³/mol. The van der Waals surface area contributed by atoms with Crippen molar-refractivity contribution in [3.8, 4) is 0 Å². The second-order valence-electron chi connectivity index (χ2n) is 5.90. The lowest BCUT2D eigenvalue weighted by atomic mass is 10.0. The molecule has 3 aromatic rings. The SMILES string of the molecule is Cn1cc(C(NCc2ccc(F)c(CO)c2)c2cccc(F)c2)cn1. The van der Waals surface area contributed by atoms with Crippen molar-refractivity contribution in [2.75, 3.05) is 0 Å². The topological polar surface area (TPSA) is 50.1 Å². The molecule has 0 aliphatic heterocycles. The van der Waals surface area contributed by atoms with Crippen LogP contribution in [-0.4, -0.2) is 14.9 Å². The van der Waals surface area contributed by atoms with Gasteiger partial charge in [0.15, 0.2) is 0 Å². The Morgan fingerprint density at radius 1 is 1.16 bits per heavy atom. The summed E-state index contributed by atoms with van der Waals surface area (Å²) in [4.78, 5) is 0. The van der Waals surface area contributed by atoms with E-state index in [1.165, 1.54) is 18.2 Å². The van der Waals surface area contributed by atoms with Gasteiger partial charge in [-0.1, -0.05) is 18.2 Å². The highest BCUT2D eigenvalue weighted by Crippen LogP contribution is 2.23. The maximum absolute atomic E-state index is 13.6. The van der Waals surface area contributed by atoms with Crippen molar-refractivity contribution in [3.63, 3.8) is 0 Å². The fourth-order valence-corrected chi connectivity index (χ4v) is 2.78. The highest BCUT2D eigenvalue weighted by atomic mass is 19.1. The first kappa shape index (κ1) is 17.3. The molecule has 6 heteroatoms. The molecule has 2 N–H and O–H groups in total. The van der Waals surface area contributed by atoms with E-state index in [9.17, 15) is 13.9 Å². The molecule has 1 heterocycles. The predicted octanol–water partition coefficient (Wildman–Crippen LogP) is 3.07. The third-order valence-electron chi connectivity index (χ3n) is 4.03. The number of nitrogens with zero attached hydrogens (tertiary/aromatic N) is 2. The second kappa shape index (κ2) is 7.55. The number of halogens is 2. The molecule has 25 heavy (non-hydrogen) atoms. The Morgan fingerprint density at radius 2 is 2.00 bits per heavy atom. The zero-order chi connectivity index (χ0) is 17.8. The highest BCUT2D eigenvalue weighted by molar-refractivity contribution is 5.30. The van der Waals surface area contributed by atoms with Crippen molar-refractivity contribution in [1.82, 2.24) is 15.1 Å². The minimum Gasteiger partial charge on any atom is -0.392 e. The Bertz CT molecular complexity index is 863. The van der Waals surface area contributed by atoms with E-state index in [1.54, 1.807) is 29.1 Å². The summed E-state index contributed by atoms with van der Waals surface area (Å²) < 4.78 is 28.8. The van der Waals surface area contributed by atoms with Crippen LogP contribution in [-0.2, 0) is 20.2 Å². The van der Waals surface area contributed by atoms with Crippen LogP contribution in [0.5, 0.6) is 0 Å². The molecule has 1 atom stereocenters. The van der Waals surface area contributed by atoms with Gasteiger partial charge in [-0.25, -0.2) is 8.78 Å². The van der Waals surface area contributed by atoms with Crippen LogP contribution in [0.15, 0.2) is 54.9 Å². The summed E-state index contributed by atoms with van der Waals surface area (Å²) in [5, 5.41) is 16.7. The smallest absolute Gasteiger partial charge is 0.128 e. The Morgan fingerprint density at radius 3 is 2.68 bits per heavy atom. The van der Waals surface area contributed by atoms with Crippen LogP contribution in [0, 0.1) is 11.6 Å². The summed E-state index contributed by atoms with van der Waals surface area (Å²) in [6.07, 6.45) is 3.60. The van der Waals surface area contributed by atoms with Crippen LogP contribution < -0.4 is 5.32 Å². The summed E-state index contributed by atoms with van der Waals surface area (Å²) in [5.41, 5.74) is 2.76. The summed E-state index contributed by atoms with van der Waals surface area (Å²) in [5.74, 6) is -0.738. The molecule has 0 saturated carbocycles. The average Bonchev–Trinajstić information content (AvgIpc) is 3.02. The summed E-state index contributed by atoms with van der Waals surface area (Å²) in [6, 6.07) is 10.7. The number of hydrogen-bond donors (Lipinski definition) is 2. The van der Waals surface area contributed by atoms with Crippen LogP contribution in [0.1, 0.15) is 28.3 Å². The van der Waals surface area contributed by atoms with Gasteiger partial charge >= 0.3 is 0 Å². The van der Waals surface area contributed by atoms with E-state index in [-0.39, 0.29) is 24.0 Å². The van der Waals surface area contributed by atoms with E-state index in [0.717, 1.165) is 16.7 Å². The largest absolute Gasteiger partial charge is 0.392 e. The minimum atomic E-state index is -0.430. The number of aromatic nitrogens is 2. The van der Waals surface area contributed by atoms with E-state index >= 15 is 0 Å². The van der Waals surface area contributed by atoms with Gasteiger partial charge in [0, 0.05) is 30.9 Å². The van der Waals surface area contributed by atoms with Gasteiger partial charge in [0.25, 0.3) is 0 Å². The van der Waals surface area contributed by atoms with Crippen LogP contribution in [0.4, 0.5) is 8.78 Å². The van der Waals surface area contributed by atoms with Gasteiger partial charge < -0.3 is 10.4 Å². The molecule has 4 nitrogen and oxygen atoms in total. The first-order chi connectivity index (χ1) is 12.1. The van der Waals surface area contributed by atoms with Crippen molar-refractivity contribution in [2.24, 2.45) is 7.05 Å². The van der Waals surface area contributed by atoms with Crippen molar-refractivity contribution in [2.45, 2.75) is 19.2 Å². The quantitative estimate of drug-likeness (QED) is 0.723. The number of rotatable bonds is 6. The van der Waals surface area contributed by atoms with E-state index in [0.29, 0.717) is 6.54 Å². The van der Waals surface area contributed by atoms with Gasteiger partial charge in [-0.3, -0.25) is 4.68 Å². The van der Waals surface area contributed by atoms with Gasteiger partial charge in [-0.15, -0.1) is 0 Å². The van der Waals surface area contributed by atoms with E-state index in [1.807, 2.05) is 19.3 Å². The first-order valence-corrected chi connectivity index (χ1v) is 7.92. The lowest BCUT2D eigenvalue weighted by Gasteiger charge is -2.18. The third kappa shape index (κ3) is 4.10. The lowest BCUT2D eigenvalue weighted by Crippen LogP contribution is -2.22. The molecule has 130 valence electrons. The molecule has 0 fully saturated rings. The standard InChI is InChI=1S/C19H19F2N3O/c1-24-11-16(10-23-24)19(14-3-2-4-17(20)8-14)22-9-13-5-6-18(21)15(7-13)12-25/h2-8,10-11,19,22,25H,9,12H2,1H3. The summed E-state index contributed by atoms with van der Waals surface area (Å²) in [6.45, 7) is 0.0823. The lowest BCUT2D eigenvalue weighted by molar-refractivity contribution is 0.275. The fraction of sp³-hybridized carbons (Fsp3) is 0.211. The number of aliphatic hydroxyl groups excluding tert-OH is 1. The fourth-order valence-electron chi connectivity index (χ4n) is 2.78. The van der Waals surface area contributed by atoms with Crippen LogP contribution in [0.3, 0.4) is 0 Å². The van der Waals surface area contributed by atoms with Crippen LogP contribution >= 0.6 is 0 Å². The molecule has 0 spiro atoms. The molecule has 1 aromatic heterocycles. The van der Waals surface area contributed by atoms with Crippen LogP contribution in [0.25, 0.3) is 0 Å². The summed E-state index contributed by atoms with van der Waals surface area (Å²) in [7, 11) is 1.82. The Labute approximate surface area is 144 Å². The number of nitrogens with one attached hydrogen (secondary N) is 1. The number of aryl methyl sites for hydroxylation is 1. The summed E-state index contributed by atoms with van der Waals surface area (Å²) >= 11 is 0. The van der Waals surface area contributed by atoms with E-state index in [4.69, 9.17) is 0 Å². The third-order valence-corrected chi connectivity index (χ3v) is 4.03. The molecule has 0 amide bonds. The second-order valence-corrected chi connectivity index (χ2v) is 5.90. The maximum Gasteiger partial charge on any atom is 0.128 e. The maximum atomic E-state index is 13.6. The monoisotopic (exact) mass is 343 g/mol. The number of aliphatic hydroxyl groups is 1. The molecule has 0 aliphatic rings. The van der Waals surface area contributed by atoms with Gasteiger partial charge in [0.05, 0.1) is 18.8 Å². The molecule has 1 unspecified atom stereocenters. The molecule has 0 radical (unpaired) electrons. The van der Waals surface area contributed by atoms with Gasteiger partial charge in [-0.2, -0.15) is 5.10 Å². The molecule has 2 aromatic carbocycles. The Hall–Kier alpha value is -2.57. The Balaban J connectivity index is 1.85. The van der Waals surface area contributed by atoms with Crippen molar-refractivity contribution >= 4 is 0 Å². The normalized spacial score (nSPS) is 12.3. The molecule has 0 aliphatic carbocycles. The van der Waals surface area contributed by atoms with E-state index in [2.05, 4.69) is 10.4 Å². The van der Waals surface area contributed by atoms with Gasteiger partial charge in [-0.05, 0) is 35.4 Å². The molecule has 0 saturated heterocycles. The van der Waals surface area contributed by atoms with Crippen molar-refractivity contribution in [1.29, 1.82) is 0 Å². The van der Waals surface area contributed by atoms with Gasteiger partial charge in [0.2, 0.25) is 0 Å². The zero-order valence-corrected chi connectivity index (χ0v) is 13.8. The molecule has 0 bridgehead atoms. The minimum absolute atomic E-state index is 0.253. The highest BCUT2D eigenvalue weighted by Gasteiger charge is 2.16. The van der Waals surface area contributed by atoms with Crippen LogP contribution in [0.2, 0.25) is 0 Å². The molecule has 3 rings (SSSR count). The van der Waals surface area contributed by atoms with Crippen molar-refractivity contribution < 1.29 is 13.9 Å². The van der Waals surface area contributed by atoms with E-state index < -0.39 is 5.82 Å². The zero-order valence-electron chi connectivity index (χ0n) is 13.8. The average molecular weight is 343 g/mol. The van der Waals surface area contributed by atoms with Gasteiger partial charge in [0.1, 0.15) is 11.6 Å². The number of hydrogen-bond acceptors (Lipinski definition) is 3.